The number of hydrogen-bond donors (Lipinski definition) is 1. The molecule has 0 atom stereocenters. The van der Waals surface area contributed by atoms with Gasteiger partial charge in [-0.3, -0.25) is 4.79 Å². The fourth-order valence-electron chi connectivity index (χ4n) is 4.21. The van der Waals surface area contributed by atoms with Crippen molar-refractivity contribution in [1.82, 2.24) is 9.55 Å². The lowest BCUT2D eigenvalue weighted by molar-refractivity contribution is 0.0965. The van der Waals surface area contributed by atoms with Crippen molar-refractivity contribution in [3.8, 4) is 22.9 Å². The first-order valence-corrected chi connectivity index (χ1v) is 11.9. The summed E-state index contributed by atoms with van der Waals surface area (Å²) in [6.45, 7) is 7.15. The highest BCUT2D eigenvalue weighted by atomic mass is 16.5. The molecule has 5 heteroatoms. The topological polar surface area (TPSA) is 64.4 Å². The van der Waals surface area contributed by atoms with Crippen molar-refractivity contribution < 1.29 is 14.6 Å². The minimum Gasteiger partial charge on any atom is -0.507 e. The minimum absolute atomic E-state index is 0.0283. The molecule has 0 saturated heterocycles. The number of imidazole rings is 1. The number of aromatic hydroxyl groups is 1. The number of para-hydroxylation sites is 2. The van der Waals surface area contributed by atoms with Gasteiger partial charge in [-0.25, -0.2) is 4.98 Å². The van der Waals surface area contributed by atoms with E-state index >= 15 is 0 Å². The maximum atomic E-state index is 12.4. The number of benzene rings is 3. The second kappa shape index (κ2) is 10.6. The Morgan fingerprint density at radius 1 is 1.00 bits per heavy atom. The van der Waals surface area contributed by atoms with Gasteiger partial charge in [-0.05, 0) is 49.9 Å². The van der Waals surface area contributed by atoms with Gasteiger partial charge in [0.2, 0.25) is 0 Å². The smallest absolute Gasteiger partial charge is 0.166 e. The average Bonchev–Trinajstić information content (AvgIpc) is 3.20. The number of carbonyl (C=O) groups excluding carboxylic acids is 1. The van der Waals surface area contributed by atoms with E-state index in [-0.39, 0.29) is 17.5 Å². The molecule has 0 amide bonds. The highest BCUT2D eigenvalue weighted by molar-refractivity contribution is 5.99. The molecule has 0 aliphatic heterocycles. The first kappa shape index (κ1) is 23.6. The molecule has 3 aromatic carbocycles. The number of fused-ring (bicyclic) bond motifs is 1. The molecule has 0 radical (unpaired) electrons. The van der Waals surface area contributed by atoms with Gasteiger partial charge in [-0.2, -0.15) is 0 Å². The molecule has 4 rings (SSSR count). The highest BCUT2D eigenvalue weighted by Gasteiger charge is 2.17. The Labute approximate surface area is 201 Å². The SMILES string of the molecule is Cc1c(OCCCCn2c(-c3ccccc3)nc3ccccc32)ccc(C(=O)CC(C)C)c1O. The molecule has 176 valence electrons. The number of rotatable bonds is 10. The molecule has 0 saturated carbocycles. The van der Waals surface area contributed by atoms with Crippen LogP contribution in [-0.4, -0.2) is 27.0 Å². The lowest BCUT2D eigenvalue weighted by Crippen LogP contribution is -2.07. The summed E-state index contributed by atoms with van der Waals surface area (Å²) in [6.07, 6.45) is 2.20. The van der Waals surface area contributed by atoms with Gasteiger partial charge >= 0.3 is 0 Å². The van der Waals surface area contributed by atoms with Gasteiger partial charge in [0.25, 0.3) is 0 Å². The summed E-state index contributed by atoms with van der Waals surface area (Å²) < 4.78 is 8.23. The Balaban J connectivity index is 1.39. The molecule has 1 aromatic heterocycles. The first-order chi connectivity index (χ1) is 16.5. The van der Waals surface area contributed by atoms with Crippen LogP contribution in [-0.2, 0) is 6.54 Å². The molecule has 5 nitrogen and oxygen atoms in total. The summed E-state index contributed by atoms with van der Waals surface area (Å²) in [5.41, 5.74) is 4.22. The molecule has 0 unspecified atom stereocenters. The van der Waals surface area contributed by atoms with E-state index in [9.17, 15) is 9.90 Å². The predicted molar refractivity (Wildman–Crippen MR) is 137 cm³/mol. The fraction of sp³-hybridized carbons (Fsp3) is 0.310. The predicted octanol–water partition coefficient (Wildman–Crippen LogP) is 6.81. The zero-order valence-electron chi connectivity index (χ0n) is 20.1. The van der Waals surface area contributed by atoms with Gasteiger partial charge in [0, 0.05) is 24.1 Å². The van der Waals surface area contributed by atoms with Crippen LogP contribution in [0.4, 0.5) is 0 Å². The van der Waals surface area contributed by atoms with Gasteiger partial charge < -0.3 is 14.4 Å². The number of ketones is 1. The lowest BCUT2D eigenvalue weighted by Gasteiger charge is -2.14. The van der Waals surface area contributed by atoms with E-state index in [2.05, 4.69) is 22.8 Å². The second-order valence-electron chi connectivity index (χ2n) is 9.10. The van der Waals surface area contributed by atoms with Crippen molar-refractivity contribution in [3.05, 3.63) is 77.9 Å². The maximum absolute atomic E-state index is 12.4. The van der Waals surface area contributed by atoms with Crippen LogP contribution in [0.1, 0.15) is 49.0 Å². The molecule has 4 aromatic rings. The van der Waals surface area contributed by atoms with E-state index in [1.54, 1.807) is 19.1 Å². The Morgan fingerprint density at radius 3 is 2.50 bits per heavy atom. The van der Waals surface area contributed by atoms with E-state index in [4.69, 9.17) is 9.72 Å². The van der Waals surface area contributed by atoms with Gasteiger partial charge in [0.1, 0.15) is 17.3 Å². The quantitative estimate of drug-likeness (QED) is 0.210. The lowest BCUT2D eigenvalue weighted by atomic mass is 9.98. The number of ether oxygens (including phenoxy) is 1. The molecular formula is C29H32N2O3. The summed E-state index contributed by atoms with van der Waals surface area (Å²) in [4.78, 5) is 17.2. The molecule has 34 heavy (non-hydrogen) atoms. The normalized spacial score (nSPS) is 11.3. The third-order valence-corrected chi connectivity index (χ3v) is 6.00. The van der Waals surface area contributed by atoms with Crippen LogP contribution in [0.2, 0.25) is 0 Å². The highest BCUT2D eigenvalue weighted by Crippen LogP contribution is 2.32. The molecule has 0 fully saturated rings. The Bertz CT molecular complexity index is 1280. The van der Waals surface area contributed by atoms with Crippen molar-refractivity contribution in [2.24, 2.45) is 5.92 Å². The first-order valence-electron chi connectivity index (χ1n) is 11.9. The molecule has 1 N–H and O–H groups in total. The number of carbonyl (C=O) groups is 1. The van der Waals surface area contributed by atoms with E-state index < -0.39 is 0 Å². The monoisotopic (exact) mass is 456 g/mol. The third kappa shape index (κ3) is 5.14. The number of Topliss-reactive ketones (excluding diaryl/α,β-unsaturated/α-hetero) is 1. The molecule has 1 heterocycles. The summed E-state index contributed by atoms with van der Waals surface area (Å²) in [6, 6.07) is 21.9. The van der Waals surface area contributed by atoms with Crippen LogP contribution in [0.5, 0.6) is 11.5 Å². The van der Waals surface area contributed by atoms with Gasteiger partial charge in [-0.1, -0.05) is 56.3 Å². The fourth-order valence-corrected chi connectivity index (χ4v) is 4.21. The number of phenols is 1. The Kier molecular flexibility index (Phi) is 7.31. The Morgan fingerprint density at radius 2 is 1.74 bits per heavy atom. The third-order valence-electron chi connectivity index (χ3n) is 6.00. The number of phenolic OH excluding ortho intramolecular Hbond substituents is 1. The van der Waals surface area contributed by atoms with Gasteiger partial charge in [0.15, 0.2) is 5.78 Å². The maximum Gasteiger partial charge on any atom is 0.166 e. The standard InChI is InChI=1S/C29H32N2O3/c1-20(2)19-26(32)23-15-16-27(21(3)28(23)33)34-18-10-9-17-31-25-14-8-7-13-24(25)30-29(31)22-11-5-4-6-12-22/h4-8,11-16,20,33H,9-10,17-19H2,1-3H3. The summed E-state index contributed by atoms with van der Waals surface area (Å²) in [5, 5.41) is 10.5. The van der Waals surface area contributed by atoms with E-state index in [0.717, 1.165) is 41.8 Å². The number of aryl methyl sites for hydroxylation is 1. The van der Waals surface area contributed by atoms with E-state index in [0.29, 0.717) is 29.9 Å². The molecule has 0 bridgehead atoms. The number of hydrogen-bond acceptors (Lipinski definition) is 4. The zero-order chi connectivity index (χ0) is 24.1. The molecule has 0 spiro atoms. The minimum atomic E-state index is -0.0380. The van der Waals surface area contributed by atoms with Crippen LogP contribution < -0.4 is 4.74 Å². The Hall–Kier alpha value is -3.60. The number of nitrogens with zero attached hydrogens (tertiary/aromatic N) is 2. The van der Waals surface area contributed by atoms with Crippen molar-refractivity contribution in [2.75, 3.05) is 6.61 Å². The molecular weight excluding hydrogens is 424 g/mol. The summed E-state index contributed by atoms with van der Waals surface area (Å²) >= 11 is 0. The van der Waals surface area contributed by atoms with Crippen molar-refractivity contribution in [2.45, 2.75) is 46.6 Å². The van der Waals surface area contributed by atoms with Crippen molar-refractivity contribution >= 4 is 16.8 Å². The number of unbranched alkanes of at least 4 members (excludes halogenated alkanes) is 1. The zero-order valence-corrected chi connectivity index (χ0v) is 20.1. The second-order valence-corrected chi connectivity index (χ2v) is 9.10. The largest absolute Gasteiger partial charge is 0.507 e. The summed E-state index contributed by atoms with van der Waals surface area (Å²) in [7, 11) is 0. The van der Waals surface area contributed by atoms with Crippen molar-refractivity contribution in [3.63, 3.8) is 0 Å². The molecule has 0 aliphatic rings. The average molecular weight is 457 g/mol. The molecule has 0 aliphatic carbocycles. The van der Waals surface area contributed by atoms with Crippen LogP contribution in [0.15, 0.2) is 66.7 Å². The van der Waals surface area contributed by atoms with Gasteiger partial charge in [0.05, 0.1) is 23.2 Å². The van der Waals surface area contributed by atoms with Crippen molar-refractivity contribution in [1.29, 1.82) is 0 Å². The van der Waals surface area contributed by atoms with Crippen LogP contribution in [0, 0.1) is 12.8 Å². The van der Waals surface area contributed by atoms with Crippen LogP contribution in [0.3, 0.4) is 0 Å². The van der Waals surface area contributed by atoms with E-state index in [1.807, 2.05) is 50.2 Å². The number of aromatic nitrogens is 2. The van der Waals surface area contributed by atoms with Crippen LogP contribution >= 0.6 is 0 Å². The van der Waals surface area contributed by atoms with Gasteiger partial charge in [-0.15, -0.1) is 0 Å². The van der Waals surface area contributed by atoms with Crippen LogP contribution in [0.25, 0.3) is 22.4 Å². The summed E-state index contributed by atoms with van der Waals surface area (Å²) in [5.74, 6) is 1.84. The van der Waals surface area contributed by atoms with E-state index in [1.165, 1.54) is 0 Å².